The molecule has 3 N–H and O–H groups in total. The summed E-state index contributed by atoms with van der Waals surface area (Å²) in [5.74, 6) is -0.499. The minimum Gasteiger partial charge on any atom is -0.396 e. The van der Waals surface area contributed by atoms with Gasteiger partial charge in [0, 0.05) is 30.2 Å². The summed E-state index contributed by atoms with van der Waals surface area (Å²) in [5, 5.41) is 15.1. The van der Waals surface area contributed by atoms with Crippen LogP contribution in [0, 0.1) is 11.8 Å². The number of hydrogen-bond acceptors (Lipinski definition) is 3. The van der Waals surface area contributed by atoms with E-state index in [1.54, 1.807) is 32.0 Å². The smallest absolute Gasteiger partial charge is 0.253 e. The molecule has 0 saturated carbocycles. The summed E-state index contributed by atoms with van der Waals surface area (Å²) in [7, 11) is 0. The Morgan fingerprint density at radius 3 is 2.70 bits per heavy atom. The van der Waals surface area contributed by atoms with Crippen molar-refractivity contribution in [3.8, 4) is 0 Å². The Kier molecular flexibility index (Phi) is 5.80. The molecule has 0 unspecified atom stereocenters. The van der Waals surface area contributed by atoms with Crippen LogP contribution < -0.4 is 10.6 Å². The normalized spacial score (nSPS) is 19.9. The van der Waals surface area contributed by atoms with Crippen molar-refractivity contribution in [2.45, 2.75) is 26.3 Å². The summed E-state index contributed by atoms with van der Waals surface area (Å²) in [4.78, 5) is 24.1. The van der Waals surface area contributed by atoms with E-state index in [0.29, 0.717) is 22.7 Å². The standard InChI is InChI=1S/C17H21ClN2O3/c1-10(2)16(22)19-13-5-6-15(18)14(8-13)17(23)20-12-4-3-11(7-12)9-21/h3-6,8,10-12,21H,7,9H2,1-2H3,(H,19,22)(H,20,23)/t11-,12+/m0/s1. The van der Waals surface area contributed by atoms with Crippen molar-refractivity contribution in [3.63, 3.8) is 0 Å². The van der Waals surface area contributed by atoms with Crippen LogP contribution >= 0.6 is 11.6 Å². The fraction of sp³-hybridized carbons (Fsp3) is 0.412. The maximum Gasteiger partial charge on any atom is 0.253 e. The first-order valence-corrected chi connectivity index (χ1v) is 7.99. The van der Waals surface area contributed by atoms with Gasteiger partial charge in [-0.05, 0) is 24.6 Å². The molecule has 0 heterocycles. The van der Waals surface area contributed by atoms with Gasteiger partial charge in [-0.2, -0.15) is 0 Å². The number of carbonyl (C=O) groups excluding carboxylic acids is 2. The lowest BCUT2D eigenvalue weighted by Crippen LogP contribution is -2.33. The van der Waals surface area contributed by atoms with Crippen molar-refractivity contribution in [1.82, 2.24) is 5.32 Å². The number of benzene rings is 1. The first-order chi connectivity index (χ1) is 10.9. The number of carbonyl (C=O) groups is 2. The minimum absolute atomic E-state index is 0.0698. The Morgan fingerprint density at radius 1 is 1.35 bits per heavy atom. The average Bonchev–Trinajstić information content (AvgIpc) is 2.96. The van der Waals surface area contributed by atoms with E-state index in [4.69, 9.17) is 16.7 Å². The third-order valence-electron chi connectivity index (χ3n) is 3.73. The number of rotatable bonds is 5. The summed E-state index contributed by atoms with van der Waals surface area (Å²) < 4.78 is 0. The zero-order chi connectivity index (χ0) is 17.0. The highest BCUT2D eigenvalue weighted by Gasteiger charge is 2.21. The maximum atomic E-state index is 12.4. The third-order valence-corrected chi connectivity index (χ3v) is 4.06. The van der Waals surface area contributed by atoms with E-state index in [-0.39, 0.29) is 36.3 Å². The molecule has 0 saturated heterocycles. The summed E-state index contributed by atoms with van der Waals surface area (Å²) >= 11 is 6.10. The summed E-state index contributed by atoms with van der Waals surface area (Å²) in [5.41, 5.74) is 0.850. The first-order valence-electron chi connectivity index (χ1n) is 7.61. The minimum atomic E-state index is -0.302. The molecule has 23 heavy (non-hydrogen) atoms. The molecule has 0 spiro atoms. The molecule has 1 aromatic carbocycles. The molecule has 0 radical (unpaired) electrons. The van der Waals surface area contributed by atoms with Crippen molar-refractivity contribution in [2.75, 3.05) is 11.9 Å². The van der Waals surface area contributed by atoms with E-state index in [0.717, 1.165) is 0 Å². The van der Waals surface area contributed by atoms with Crippen LogP contribution in [0.4, 0.5) is 5.69 Å². The van der Waals surface area contributed by atoms with Gasteiger partial charge < -0.3 is 15.7 Å². The van der Waals surface area contributed by atoms with Gasteiger partial charge in [0.25, 0.3) is 5.91 Å². The second-order valence-corrected chi connectivity index (χ2v) is 6.39. The van der Waals surface area contributed by atoms with Crippen molar-refractivity contribution < 1.29 is 14.7 Å². The molecule has 2 amide bonds. The molecule has 5 nitrogen and oxygen atoms in total. The van der Waals surface area contributed by atoms with Gasteiger partial charge in [-0.3, -0.25) is 9.59 Å². The van der Waals surface area contributed by atoms with Crippen LogP contribution in [0.2, 0.25) is 5.02 Å². The van der Waals surface area contributed by atoms with Gasteiger partial charge in [0.2, 0.25) is 5.91 Å². The Bertz CT molecular complexity index is 628. The highest BCUT2D eigenvalue weighted by Crippen LogP contribution is 2.23. The predicted molar refractivity (Wildman–Crippen MR) is 90.5 cm³/mol. The zero-order valence-corrected chi connectivity index (χ0v) is 13.9. The van der Waals surface area contributed by atoms with E-state index in [1.165, 1.54) is 0 Å². The van der Waals surface area contributed by atoms with Crippen LogP contribution in [-0.4, -0.2) is 29.6 Å². The van der Waals surface area contributed by atoms with Gasteiger partial charge in [-0.15, -0.1) is 0 Å². The van der Waals surface area contributed by atoms with E-state index in [9.17, 15) is 9.59 Å². The molecule has 0 aromatic heterocycles. The molecule has 2 rings (SSSR count). The molecular formula is C17H21ClN2O3. The lowest BCUT2D eigenvalue weighted by Gasteiger charge is -2.14. The van der Waals surface area contributed by atoms with Crippen LogP contribution in [0.25, 0.3) is 0 Å². The van der Waals surface area contributed by atoms with Gasteiger partial charge in [0.15, 0.2) is 0 Å². The first kappa shape index (κ1) is 17.5. The fourth-order valence-electron chi connectivity index (χ4n) is 2.33. The van der Waals surface area contributed by atoms with Gasteiger partial charge in [0.1, 0.15) is 0 Å². The number of halogens is 1. The molecule has 6 heteroatoms. The second-order valence-electron chi connectivity index (χ2n) is 5.98. The Balaban J connectivity index is 2.07. The highest BCUT2D eigenvalue weighted by atomic mass is 35.5. The molecular weight excluding hydrogens is 316 g/mol. The van der Waals surface area contributed by atoms with E-state index >= 15 is 0 Å². The van der Waals surface area contributed by atoms with Crippen LogP contribution in [0.5, 0.6) is 0 Å². The van der Waals surface area contributed by atoms with Gasteiger partial charge in [-0.1, -0.05) is 37.6 Å². The summed E-state index contributed by atoms with van der Waals surface area (Å²) in [6, 6.07) is 4.70. The number of amides is 2. The molecule has 0 bridgehead atoms. The van der Waals surface area contributed by atoms with Crippen LogP contribution in [0.3, 0.4) is 0 Å². The molecule has 0 aliphatic heterocycles. The van der Waals surface area contributed by atoms with Crippen molar-refractivity contribution in [3.05, 3.63) is 40.9 Å². The molecule has 124 valence electrons. The predicted octanol–water partition coefficient (Wildman–Crippen LogP) is 2.60. The Labute approximate surface area is 140 Å². The number of aliphatic hydroxyl groups is 1. The number of anilines is 1. The van der Waals surface area contributed by atoms with E-state index in [2.05, 4.69) is 10.6 Å². The quantitative estimate of drug-likeness (QED) is 0.723. The molecule has 1 aliphatic carbocycles. The monoisotopic (exact) mass is 336 g/mol. The highest BCUT2D eigenvalue weighted by molar-refractivity contribution is 6.34. The summed E-state index contributed by atoms with van der Waals surface area (Å²) in [6.07, 6.45) is 4.44. The van der Waals surface area contributed by atoms with E-state index in [1.807, 2.05) is 12.2 Å². The zero-order valence-electron chi connectivity index (χ0n) is 13.2. The number of hydrogen-bond donors (Lipinski definition) is 3. The van der Waals surface area contributed by atoms with Crippen molar-refractivity contribution in [1.29, 1.82) is 0 Å². The number of nitrogens with one attached hydrogen (secondary N) is 2. The largest absolute Gasteiger partial charge is 0.396 e. The fourth-order valence-corrected chi connectivity index (χ4v) is 2.53. The molecule has 2 atom stereocenters. The van der Waals surface area contributed by atoms with Crippen molar-refractivity contribution in [2.24, 2.45) is 11.8 Å². The molecule has 1 aromatic rings. The SMILES string of the molecule is CC(C)C(=O)Nc1ccc(Cl)c(C(=O)N[C@@H]2C=C[C@H](CO)C2)c1. The third kappa shape index (κ3) is 4.56. The molecule has 0 fully saturated rings. The van der Waals surface area contributed by atoms with Gasteiger partial charge >= 0.3 is 0 Å². The van der Waals surface area contributed by atoms with Crippen LogP contribution in [0.1, 0.15) is 30.6 Å². The van der Waals surface area contributed by atoms with E-state index < -0.39 is 0 Å². The van der Waals surface area contributed by atoms with Crippen molar-refractivity contribution >= 4 is 29.1 Å². The Morgan fingerprint density at radius 2 is 2.09 bits per heavy atom. The topological polar surface area (TPSA) is 78.4 Å². The maximum absolute atomic E-state index is 12.4. The lowest BCUT2D eigenvalue weighted by molar-refractivity contribution is -0.118. The average molecular weight is 337 g/mol. The molecule has 1 aliphatic rings. The Hall–Kier alpha value is -1.85. The lowest BCUT2D eigenvalue weighted by atomic mass is 10.1. The van der Waals surface area contributed by atoms with Gasteiger partial charge in [-0.25, -0.2) is 0 Å². The van der Waals surface area contributed by atoms with Gasteiger partial charge in [0.05, 0.1) is 10.6 Å². The van der Waals surface area contributed by atoms with Crippen LogP contribution in [-0.2, 0) is 4.79 Å². The second kappa shape index (κ2) is 7.62. The number of aliphatic hydroxyl groups excluding tert-OH is 1. The van der Waals surface area contributed by atoms with Crippen LogP contribution in [0.15, 0.2) is 30.4 Å². The summed E-state index contributed by atoms with van der Waals surface area (Å²) in [6.45, 7) is 3.66.